The molecule has 144 valence electrons. The Kier molecular flexibility index (Phi) is 4.92. The number of carbonyl (C=O) groups excluding carboxylic acids is 1. The third-order valence-electron chi connectivity index (χ3n) is 4.63. The van der Waals surface area contributed by atoms with Crippen molar-refractivity contribution in [2.45, 2.75) is 6.54 Å². The Morgan fingerprint density at radius 2 is 2.00 bits per heavy atom. The zero-order chi connectivity index (χ0) is 20.5. The van der Waals surface area contributed by atoms with Crippen LogP contribution >= 0.6 is 22.7 Å². The van der Waals surface area contributed by atoms with Crippen LogP contribution in [0.4, 0.5) is 11.5 Å². The van der Waals surface area contributed by atoms with Crippen molar-refractivity contribution in [3.8, 4) is 17.2 Å². The smallest absolute Gasteiger partial charge is 0.266 e. The molecule has 1 aromatic carbocycles. The lowest BCUT2D eigenvalue weighted by molar-refractivity contribution is 0.0791. The topological polar surface area (TPSA) is 109 Å². The number of hydrogen-bond donors (Lipinski definition) is 2. The summed E-state index contributed by atoms with van der Waals surface area (Å²) in [7, 11) is 1.74. The summed E-state index contributed by atoms with van der Waals surface area (Å²) in [5, 5.41) is 14.1. The Labute approximate surface area is 175 Å². The Balaban J connectivity index is 1.83. The van der Waals surface area contributed by atoms with E-state index in [1.807, 2.05) is 47.2 Å². The Hall–Kier alpha value is -3.41. The molecular weight excluding hydrogens is 402 g/mol. The van der Waals surface area contributed by atoms with Gasteiger partial charge in [-0.3, -0.25) is 4.79 Å². The predicted molar refractivity (Wildman–Crippen MR) is 119 cm³/mol. The number of nitrogens with two attached hydrogens (primary N) is 2. The minimum atomic E-state index is -0.192. The molecule has 4 aromatic rings. The van der Waals surface area contributed by atoms with Crippen molar-refractivity contribution in [3.63, 3.8) is 0 Å². The van der Waals surface area contributed by atoms with Crippen LogP contribution in [0.3, 0.4) is 0 Å². The number of hydrogen-bond acceptors (Lipinski definition) is 7. The van der Waals surface area contributed by atoms with Crippen LogP contribution in [-0.2, 0) is 6.54 Å². The minimum Gasteiger partial charge on any atom is -0.397 e. The van der Waals surface area contributed by atoms with Gasteiger partial charge in [0.1, 0.15) is 27.2 Å². The van der Waals surface area contributed by atoms with E-state index in [1.165, 1.54) is 22.7 Å². The number of nitrogen functional groups attached to an aromatic ring is 2. The van der Waals surface area contributed by atoms with E-state index < -0.39 is 0 Å². The van der Waals surface area contributed by atoms with Crippen molar-refractivity contribution in [3.05, 3.63) is 63.2 Å². The van der Waals surface area contributed by atoms with Crippen LogP contribution in [0.5, 0.6) is 0 Å². The zero-order valence-electron chi connectivity index (χ0n) is 15.5. The molecule has 0 aliphatic rings. The summed E-state index contributed by atoms with van der Waals surface area (Å²) in [4.78, 5) is 20.0. The van der Waals surface area contributed by atoms with E-state index in [9.17, 15) is 10.1 Å². The van der Waals surface area contributed by atoms with E-state index in [1.54, 1.807) is 11.9 Å². The molecule has 0 atom stereocenters. The van der Waals surface area contributed by atoms with Crippen molar-refractivity contribution < 1.29 is 4.79 Å². The summed E-state index contributed by atoms with van der Waals surface area (Å²) in [6.07, 6.45) is 0. The predicted octanol–water partition coefficient (Wildman–Crippen LogP) is 4.33. The number of aromatic nitrogens is 1. The highest BCUT2D eigenvalue weighted by molar-refractivity contribution is 7.21. The largest absolute Gasteiger partial charge is 0.397 e. The van der Waals surface area contributed by atoms with Gasteiger partial charge >= 0.3 is 0 Å². The molecule has 0 radical (unpaired) electrons. The van der Waals surface area contributed by atoms with E-state index >= 15 is 0 Å². The summed E-state index contributed by atoms with van der Waals surface area (Å²) in [5.41, 5.74) is 15.6. The monoisotopic (exact) mass is 419 g/mol. The van der Waals surface area contributed by atoms with E-state index in [4.69, 9.17) is 11.5 Å². The van der Waals surface area contributed by atoms with Crippen LogP contribution in [0.1, 0.15) is 20.8 Å². The molecule has 6 nitrogen and oxygen atoms in total. The molecule has 0 unspecified atom stereocenters. The summed E-state index contributed by atoms with van der Waals surface area (Å²) in [5.74, 6) is -0.0539. The molecule has 0 aliphatic heterocycles. The first kappa shape index (κ1) is 18.9. The fraction of sp³-hybridized carbons (Fsp3) is 0.0952. The maximum absolute atomic E-state index is 13.1. The number of fused-ring (bicyclic) bond motifs is 1. The lowest BCUT2D eigenvalue weighted by Crippen LogP contribution is -2.26. The fourth-order valence-corrected chi connectivity index (χ4v) is 4.99. The number of carbonyl (C=O) groups is 1. The molecule has 1 amide bonds. The third kappa shape index (κ3) is 3.31. The SMILES string of the molecule is CN(Cc1ccccc1)C(=O)c1sc2nc(N)c(C#N)c(-c3ccsc3)c2c1N. The van der Waals surface area contributed by atoms with Gasteiger partial charge in [-0.25, -0.2) is 4.98 Å². The summed E-state index contributed by atoms with van der Waals surface area (Å²) in [6, 6.07) is 13.8. The molecule has 0 aliphatic carbocycles. The molecule has 29 heavy (non-hydrogen) atoms. The van der Waals surface area contributed by atoms with Gasteiger partial charge in [0.05, 0.1) is 5.69 Å². The Bertz CT molecular complexity index is 1240. The number of nitrogens with zero attached hydrogens (tertiary/aromatic N) is 3. The van der Waals surface area contributed by atoms with Gasteiger partial charge in [0.2, 0.25) is 0 Å². The first-order chi connectivity index (χ1) is 14.0. The molecular formula is C21H17N5OS2. The minimum absolute atomic E-state index is 0.138. The first-order valence-corrected chi connectivity index (χ1v) is 10.5. The molecule has 0 spiro atoms. The van der Waals surface area contributed by atoms with Gasteiger partial charge in [-0.05, 0) is 28.0 Å². The number of nitriles is 1. The van der Waals surface area contributed by atoms with Crippen molar-refractivity contribution in [2.75, 3.05) is 18.5 Å². The fourth-order valence-electron chi connectivity index (χ4n) is 3.24. The van der Waals surface area contributed by atoms with E-state index in [0.29, 0.717) is 32.9 Å². The van der Waals surface area contributed by atoms with E-state index in [2.05, 4.69) is 11.1 Å². The lowest BCUT2D eigenvalue weighted by atomic mass is 9.99. The highest BCUT2D eigenvalue weighted by Gasteiger charge is 2.25. The van der Waals surface area contributed by atoms with Crippen LogP contribution in [0.2, 0.25) is 0 Å². The quantitative estimate of drug-likeness (QED) is 0.512. The van der Waals surface area contributed by atoms with Gasteiger partial charge in [0.15, 0.2) is 0 Å². The Morgan fingerprint density at radius 3 is 2.66 bits per heavy atom. The van der Waals surface area contributed by atoms with Gasteiger partial charge in [-0.1, -0.05) is 30.3 Å². The molecule has 4 rings (SSSR count). The Morgan fingerprint density at radius 1 is 1.24 bits per heavy atom. The molecule has 8 heteroatoms. The second-order valence-electron chi connectivity index (χ2n) is 6.54. The highest BCUT2D eigenvalue weighted by atomic mass is 32.1. The van der Waals surface area contributed by atoms with Crippen molar-refractivity contribution in [1.82, 2.24) is 9.88 Å². The van der Waals surface area contributed by atoms with Gasteiger partial charge in [0.25, 0.3) is 5.91 Å². The first-order valence-electron chi connectivity index (χ1n) is 8.74. The van der Waals surface area contributed by atoms with Crippen LogP contribution in [0, 0.1) is 11.3 Å². The van der Waals surface area contributed by atoms with Crippen molar-refractivity contribution in [1.29, 1.82) is 5.26 Å². The van der Waals surface area contributed by atoms with Gasteiger partial charge in [0, 0.05) is 24.5 Å². The second-order valence-corrected chi connectivity index (χ2v) is 8.32. The average Bonchev–Trinajstić information content (AvgIpc) is 3.35. The van der Waals surface area contributed by atoms with Gasteiger partial charge in [-0.2, -0.15) is 16.6 Å². The van der Waals surface area contributed by atoms with Crippen molar-refractivity contribution in [2.24, 2.45) is 0 Å². The lowest BCUT2D eigenvalue weighted by Gasteiger charge is -2.16. The maximum atomic E-state index is 13.1. The number of thiophene rings is 2. The number of pyridine rings is 1. The van der Waals surface area contributed by atoms with E-state index in [-0.39, 0.29) is 17.3 Å². The molecule has 0 fully saturated rings. The van der Waals surface area contributed by atoms with Gasteiger partial charge < -0.3 is 16.4 Å². The van der Waals surface area contributed by atoms with E-state index in [0.717, 1.165) is 11.1 Å². The molecule has 3 aromatic heterocycles. The number of benzene rings is 1. The maximum Gasteiger partial charge on any atom is 0.266 e. The van der Waals surface area contributed by atoms with Crippen LogP contribution < -0.4 is 11.5 Å². The second kappa shape index (κ2) is 7.54. The number of rotatable bonds is 4. The van der Waals surface area contributed by atoms with Crippen LogP contribution in [0.15, 0.2) is 47.2 Å². The average molecular weight is 420 g/mol. The molecule has 4 N–H and O–H groups in total. The third-order valence-corrected chi connectivity index (χ3v) is 6.40. The highest BCUT2D eigenvalue weighted by Crippen LogP contribution is 2.43. The standard InChI is InChI=1S/C21H17N5OS2/c1-26(10-12-5-3-2-4-6-12)21(27)18-17(23)16-15(13-7-8-28-11-13)14(9-22)19(24)25-20(16)29-18/h2-8,11H,10,23H2,1H3,(H2,24,25). The number of anilines is 2. The van der Waals surface area contributed by atoms with Crippen LogP contribution in [-0.4, -0.2) is 22.8 Å². The van der Waals surface area contributed by atoms with Gasteiger partial charge in [-0.15, -0.1) is 11.3 Å². The van der Waals surface area contributed by atoms with Crippen LogP contribution in [0.25, 0.3) is 21.3 Å². The molecule has 0 saturated carbocycles. The molecule has 0 saturated heterocycles. The summed E-state index contributed by atoms with van der Waals surface area (Å²) < 4.78 is 0. The normalized spacial score (nSPS) is 10.8. The van der Waals surface area contributed by atoms with Crippen molar-refractivity contribution >= 4 is 50.3 Å². The number of amides is 1. The zero-order valence-corrected chi connectivity index (χ0v) is 17.2. The summed E-state index contributed by atoms with van der Waals surface area (Å²) >= 11 is 2.71. The molecule has 0 bridgehead atoms. The molecule has 3 heterocycles. The summed E-state index contributed by atoms with van der Waals surface area (Å²) in [6.45, 7) is 0.462.